The zero-order valence-corrected chi connectivity index (χ0v) is 12.8. The number of unbranched alkanes of at least 4 members (excludes halogenated alkanes) is 1. The summed E-state index contributed by atoms with van der Waals surface area (Å²) in [6.45, 7) is 6.72. The van der Waals surface area contributed by atoms with E-state index in [9.17, 15) is 4.79 Å². The number of carboxylic acids is 1. The Hall–Kier alpha value is -0.613. The molecule has 1 N–H and O–H groups in total. The maximum Gasteiger partial charge on any atom is 0.330 e. The molecule has 1 unspecified atom stereocenters. The highest BCUT2D eigenvalue weighted by atomic mass is 28.2. The van der Waals surface area contributed by atoms with Gasteiger partial charge in [-0.2, -0.15) is 0 Å². The van der Waals surface area contributed by atoms with Crippen LogP contribution in [0, 0.1) is 0 Å². The first-order chi connectivity index (χ1) is 8.11. The molecule has 0 radical (unpaired) electrons. The number of aliphatic carboxylic acids is 1. The molecule has 0 saturated heterocycles. The third-order valence-corrected chi connectivity index (χ3v) is 4.82. The summed E-state index contributed by atoms with van der Waals surface area (Å²) in [5, 5.41) is 8.75. The van der Waals surface area contributed by atoms with Crippen molar-refractivity contribution in [1.82, 2.24) is 0 Å². The van der Waals surface area contributed by atoms with E-state index in [0.717, 1.165) is 19.4 Å². The molecule has 0 rings (SSSR count). The molecule has 0 aliphatic rings. The SMILES string of the molecule is CCCCC(CCC=C(C)C(=O)O)[SiH2]OCC. The molecular weight excluding hydrogens is 232 g/mol. The molecule has 0 spiro atoms. The molecule has 0 aromatic heterocycles. The van der Waals surface area contributed by atoms with E-state index in [-0.39, 0.29) is 0 Å². The molecule has 3 nitrogen and oxygen atoms in total. The molecule has 0 aliphatic heterocycles. The van der Waals surface area contributed by atoms with Gasteiger partial charge in [-0.05, 0) is 32.2 Å². The zero-order chi connectivity index (χ0) is 13.1. The Kier molecular flexibility index (Phi) is 10.2. The normalized spacial score (nSPS) is 14.4. The minimum Gasteiger partial charge on any atom is -0.478 e. The van der Waals surface area contributed by atoms with Crippen LogP contribution in [-0.4, -0.2) is 27.4 Å². The number of hydrogen-bond acceptors (Lipinski definition) is 2. The summed E-state index contributed by atoms with van der Waals surface area (Å²) in [7, 11) is -0.436. The Morgan fingerprint density at radius 1 is 1.41 bits per heavy atom. The molecule has 0 bridgehead atoms. The summed E-state index contributed by atoms with van der Waals surface area (Å²) >= 11 is 0. The Morgan fingerprint density at radius 3 is 2.65 bits per heavy atom. The van der Waals surface area contributed by atoms with E-state index in [1.165, 1.54) is 19.3 Å². The molecule has 17 heavy (non-hydrogen) atoms. The van der Waals surface area contributed by atoms with Gasteiger partial charge in [0.15, 0.2) is 9.76 Å². The first-order valence-corrected chi connectivity index (χ1v) is 7.98. The van der Waals surface area contributed by atoms with E-state index in [1.54, 1.807) is 6.92 Å². The van der Waals surface area contributed by atoms with Crippen LogP contribution in [0.25, 0.3) is 0 Å². The fourth-order valence-corrected chi connectivity index (χ4v) is 3.14. The second-order valence-corrected chi connectivity index (χ2v) is 6.33. The Labute approximate surface area is 107 Å². The molecule has 0 amide bonds. The van der Waals surface area contributed by atoms with Crippen molar-refractivity contribution in [3.63, 3.8) is 0 Å². The fraction of sp³-hybridized carbons (Fsp3) is 0.769. The Balaban J connectivity index is 3.96. The van der Waals surface area contributed by atoms with Gasteiger partial charge in [-0.1, -0.05) is 32.3 Å². The summed E-state index contributed by atoms with van der Waals surface area (Å²) in [5.41, 5.74) is 1.16. The highest BCUT2D eigenvalue weighted by Crippen LogP contribution is 2.21. The lowest BCUT2D eigenvalue weighted by atomic mass is 10.1. The van der Waals surface area contributed by atoms with Crippen LogP contribution in [0.2, 0.25) is 5.54 Å². The fourth-order valence-electron chi connectivity index (χ4n) is 1.71. The van der Waals surface area contributed by atoms with Crippen molar-refractivity contribution in [3.8, 4) is 0 Å². The van der Waals surface area contributed by atoms with E-state index in [4.69, 9.17) is 9.53 Å². The van der Waals surface area contributed by atoms with Crippen LogP contribution >= 0.6 is 0 Å². The van der Waals surface area contributed by atoms with Crippen molar-refractivity contribution in [2.45, 2.75) is 58.4 Å². The van der Waals surface area contributed by atoms with Gasteiger partial charge in [-0.15, -0.1) is 0 Å². The molecule has 0 aromatic carbocycles. The van der Waals surface area contributed by atoms with Gasteiger partial charge in [-0.25, -0.2) is 4.79 Å². The monoisotopic (exact) mass is 258 g/mol. The van der Waals surface area contributed by atoms with Crippen molar-refractivity contribution in [2.24, 2.45) is 0 Å². The third-order valence-electron chi connectivity index (χ3n) is 2.89. The largest absolute Gasteiger partial charge is 0.478 e. The van der Waals surface area contributed by atoms with Crippen molar-refractivity contribution in [3.05, 3.63) is 11.6 Å². The lowest BCUT2D eigenvalue weighted by molar-refractivity contribution is -0.132. The molecule has 1 atom stereocenters. The van der Waals surface area contributed by atoms with Gasteiger partial charge >= 0.3 is 5.97 Å². The van der Waals surface area contributed by atoms with E-state index in [1.807, 2.05) is 13.0 Å². The number of hydrogen-bond donors (Lipinski definition) is 1. The molecule has 0 saturated carbocycles. The lowest BCUT2D eigenvalue weighted by Crippen LogP contribution is -2.08. The minimum absolute atomic E-state index is 0.436. The smallest absolute Gasteiger partial charge is 0.330 e. The Bertz CT molecular complexity index is 231. The average molecular weight is 258 g/mol. The quantitative estimate of drug-likeness (QED) is 0.484. The summed E-state index contributed by atoms with van der Waals surface area (Å²) in [5.74, 6) is -0.808. The number of allylic oxidation sites excluding steroid dienone is 1. The third kappa shape index (κ3) is 9.12. The summed E-state index contributed by atoms with van der Waals surface area (Å²) in [6.07, 6.45) is 7.50. The van der Waals surface area contributed by atoms with Crippen LogP contribution in [0.4, 0.5) is 0 Å². The van der Waals surface area contributed by atoms with Gasteiger partial charge in [0.05, 0.1) is 0 Å². The van der Waals surface area contributed by atoms with Crippen LogP contribution in [0.1, 0.15) is 52.9 Å². The minimum atomic E-state index is -0.808. The first kappa shape index (κ1) is 16.4. The Morgan fingerprint density at radius 2 is 2.12 bits per heavy atom. The van der Waals surface area contributed by atoms with Gasteiger partial charge < -0.3 is 9.53 Å². The summed E-state index contributed by atoms with van der Waals surface area (Å²) in [4.78, 5) is 10.6. The second kappa shape index (κ2) is 10.5. The van der Waals surface area contributed by atoms with Crippen LogP contribution in [0.3, 0.4) is 0 Å². The topological polar surface area (TPSA) is 46.5 Å². The van der Waals surface area contributed by atoms with Gasteiger partial charge in [0, 0.05) is 12.2 Å². The molecule has 0 heterocycles. The van der Waals surface area contributed by atoms with Gasteiger partial charge in [0.2, 0.25) is 0 Å². The van der Waals surface area contributed by atoms with Crippen LogP contribution in [0.5, 0.6) is 0 Å². The van der Waals surface area contributed by atoms with E-state index >= 15 is 0 Å². The van der Waals surface area contributed by atoms with Gasteiger partial charge in [-0.3, -0.25) is 0 Å². The maximum atomic E-state index is 10.6. The molecule has 4 heteroatoms. The van der Waals surface area contributed by atoms with Crippen molar-refractivity contribution < 1.29 is 14.3 Å². The zero-order valence-electron chi connectivity index (χ0n) is 11.4. The highest BCUT2D eigenvalue weighted by molar-refractivity contribution is 6.29. The van der Waals surface area contributed by atoms with Crippen LogP contribution < -0.4 is 0 Å². The molecule has 0 aliphatic carbocycles. The predicted molar refractivity (Wildman–Crippen MR) is 74.1 cm³/mol. The van der Waals surface area contributed by atoms with Crippen LogP contribution in [0.15, 0.2) is 11.6 Å². The number of rotatable bonds is 10. The molecular formula is C13H26O3Si. The molecule has 0 fully saturated rings. The van der Waals surface area contributed by atoms with Crippen LogP contribution in [-0.2, 0) is 9.22 Å². The van der Waals surface area contributed by atoms with Gasteiger partial charge in [0.1, 0.15) is 0 Å². The van der Waals surface area contributed by atoms with Gasteiger partial charge in [0.25, 0.3) is 0 Å². The van der Waals surface area contributed by atoms with Crippen molar-refractivity contribution in [2.75, 3.05) is 6.61 Å². The number of carboxylic acid groups (broad SMARTS) is 1. The average Bonchev–Trinajstić information content (AvgIpc) is 2.31. The van der Waals surface area contributed by atoms with E-state index in [2.05, 4.69) is 6.92 Å². The predicted octanol–water partition coefficient (Wildman–Crippen LogP) is 2.90. The van der Waals surface area contributed by atoms with Crippen molar-refractivity contribution >= 4 is 15.7 Å². The van der Waals surface area contributed by atoms with Crippen molar-refractivity contribution in [1.29, 1.82) is 0 Å². The lowest BCUT2D eigenvalue weighted by Gasteiger charge is -2.14. The number of carbonyl (C=O) groups is 1. The van der Waals surface area contributed by atoms with E-state index < -0.39 is 15.7 Å². The molecule has 0 aromatic rings. The summed E-state index contributed by atoms with van der Waals surface area (Å²) in [6, 6.07) is 0. The summed E-state index contributed by atoms with van der Waals surface area (Å²) < 4.78 is 5.60. The first-order valence-electron chi connectivity index (χ1n) is 6.59. The second-order valence-electron chi connectivity index (χ2n) is 4.44. The van der Waals surface area contributed by atoms with E-state index in [0.29, 0.717) is 11.1 Å². The highest BCUT2D eigenvalue weighted by Gasteiger charge is 2.09. The maximum absolute atomic E-state index is 10.6. The molecule has 100 valence electrons. The standard InChI is InChI=1S/C13H26O3Si/c1-4-6-9-12(17-16-5-2)10-7-8-11(3)13(14)15/h8,12H,4-7,9-10,17H2,1-3H3,(H,14,15).